The number of nitrogens with one attached hydrogen (secondary N) is 2. The minimum absolute atomic E-state index is 0.0524. The molecule has 2 aromatic rings. The average Bonchev–Trinajstić information content (AvgIpc) is 3.00. The number of H-pyrrole nitrogens is 1. The van der Waals surface area contributed by atoms with Gasteiger partial charge in [-0.3, -0.25) is 4.79 Å². The van der Waals surface area contributed by atoms with Crippen LogP contribution in [0.25, 0.3) is 0 Å². The van der Waals surface area contributed by atoms with Gasteiger partial charge in [0.05, 0.1) is 6.04 Å². The SMILES string of the molecule is CC(C)c1ccc(OCC(=O)NC(C)c2nn[nH]n2)cc1. The van der Waals surface area contributed by atoms with E-state index in [1.807, 2.05) is 24.3 Å². The summed E-state index contributed by atoms with van der Waals surface area (Å²) < 4.78 is 5.44. The topological polar surface area (TPSA) is 92.8 Å². The van der Waals surface area contributed by atoms with Crippen molar-refractivity contribution in [1.82, 2.24) is 25.9 Å². The molecule has 7 nitrogen and oxygen atoms in total. The Morgan fingerprint density at radius 1 is 1.29 bits per heavy atom. The van der Waals surface area contributed by atoms with Gasteiger partial charge in [0, 0.05) is 0 Å². The summed E-state index contributed by atoms with van der Waals surface area (Å²) in [7, 11) is 0. The summed E-state index contributed by atoms with van der Waals surface area (Å²) in [5, 5.41) is 16.1. The van der Waals surface area contributed by atoms with Gasteiger partial charge in [0.25, 0.3) is 5.91 Å². The minimum atomic E-state index is -0.317. The number of hydrogen-bond acceptors (Lipinski definition) is 5. The molecule has 1 aromatic heterocycles. The number of hydrogen-bond donors (Lipinski definition) is 2. The minimum Gasteiger partial charge on any atom is -0.484 e. The molecule has 1 aromatic carbocycles. The first-order valence-corrected chi connectivity index (χ1v) is 6.81. The number of rotatable bonds is 6. The second-order valence-electron chi connectivity index (χ2n) is 5.07. The van der Waals surface area contributed by atoms with Crippen LogP contribution in [-0.4, -0.2) is 33.1 Å². The number of carbonyl (C=O) groups excluding carboxylic acids is 1. The third kappa shape index (κ3) is 4.27. The fourth-order valence-corrected chi connectivity index (χ4v) is 1.80. The molecule has 0 saturated carbocycles. The van der Waals surface area contributed by atoms with Crippen LogP contribution in [0.1, 0.15) is 44.1 Å². The fourth-order valence-electron chi connectivity index (χ4n) is 1.80. The number of carbonyl (C=O) groups is 1. The van der Waals surface area contributed by atoms with Crippen molar-refractivity contribution in [2.45, 2.75) is 32.7 Å². The molecule has 0 bridgehead atoms. The van der Waals surface area contributed by atoms with Crippen LogP contribution in [0.2, 0.25) is 0 Å². The molecule has 0 aliphatic carbocycles. The standard InChI is InChI=1S/C14H19N5O2/c1-9(2)11-4-6-12(7-5-11)21-8-13(20)15-10(3)14-16-18-19-17-14/h4-7,9-10H,8H2,1-3H3,(H,15,20)(H,16,17,18,19). The Balaban J connectivity index is 1.81. The van der Waals surface area contributed by atoms with Gasteiger partial charge in [0.1, 0.15) is 5.75 Å². The second kappa shape index (κ2) is 6.83. The molecule has 0 aliphatic rings. The first-order valence-electron chi connectivity index (χ1n) is 6.81. The summed E-state index contributed by atoms with van der Waals surface area (Å²) >= 11 is 0. The lowest BCUT2D eigenvalue weighted by Gasteiger charge is -2.11. The van der Waals surface area contributed by atoms with E-state index >= 15 is 0 Å². The van der Waals surface area contributed by atoms with E-state index in [2.05, 4.69) is 39.8 Å². The quantitative estimate of drug-likeness (QED) is 0.842. The van der Waals surface area contributed by atoms with Gasteiger partial charge in [-0.15, -0.1) is 10.2 Å². The number of aromatic nitrogens is 4. The van der Waals surface area contributed by atoms with Gasteiger partial charge in [-0.05, 0) is 30.5 Å². The molecule has 2 rings (SSSR count). The molecule has 0 saturated heterocycles. The number of nitrogens with zero attached hydrogens (tertiary/aromatic N) is 3. The molecule has 112 valence electrons. The second-order valence-corrected chi connectivity index (χ2v) is 5.07. The van der Waals surface area contributed by atoms with Crippen molar-refractivity contribution in [3.8, 4) is 5.75 Å². The van der Waals surface area contributed by atoms with Gasteiger partial charge in [-0.2, -0.15) is 5.21 Å². The van der Waals surface area contributed by atoms with Crippen LogP contribution in [0.5, 0.6) is 5.75 Å². The molecule has 0 aliphatic heterocycles. The number of aromatic amines is 1. The van der Waals surface area contributed by atoms with Gasteiger partial charge in [0.2, 0.25) is 0 Å². The molecule has 1 amide bonds. The van der Waals surface area contributed by atoms with E-state index in [9.17, 15) is 4.79 Å². The van der Waals surface area contributed by atoms with Crippen molar-refractivity contribution in [3.63, 3.8) is 0 Å². The average molecular weight is 289 g/mol. The Morgan fingerprint density at radius 3 is 2.57 bits per heavy atom. The molecule has 1 atom stereocenters. The van der Waals surface area contributed by atoms with E-state index in [4.69, 9.17) is 4.74 Å². The van der Waals surface area contributed by atoms with Crippen molar-refractivity contribution in [3.05, 3.63) is 35.7 Å². The Bertz CT molecular complexity index is 566. The molecule has 0 fully saturated rings. The van der Waals surface area contributed by atoms with E-state index < -0.39 is 0 Å². The Hall–Kier alpha value is -2.44. The van der Waals surface area contributed by atoms with E-state index in [0.29, 0.717) is 17.5 Å². The van der Waals surface area contributed by atoms with Crippen LogP contribution in [-0.2, 0) is 4.79 Å². The summed E-state index contributed by atoms with van der Waals surface area (Å²) in [6.45, 7) is 5.98. The van der Waals surface area contributed by atoms with Gasteiger partial charge in [-0.25, -0.2) is 0 Å². The van der Waals surface area contributed by atoms with E-state index in [1.165, 1.54) is 5.56 Å². The lowest BCUT2D eigenvalue weighted by Crippen LogP contribution is -2.31. The highest BCUT2D eigenvalue weighted by Crippen LogP contribution is 2.18. The van der Waals surface area contributed by atoms with Gasteiger partial charge >= 0.3 is 0 Å². The zero-order chi connectivity index (χ0) is 15.2. The summed E-state index contributed by atoms with van der Waals surface area (Å²) in [6, 6.07) is 7.42. The van der Waals surface area contributed by atoms with Crippen LogP contribution >= 0.6 is 0 Å². The summed E-state index contributed by atoms with van der Waals surface area (Å²) in [5.41, 5.74) is 1.23. The summed E-state index contributed by atoms with van der Waals surface area (Å²) in [6.07, 6.45) is 0. The predicted octanol–water partition coefficient (Wildman–Crippen LogP) is 1.58. The molecular weight excluding hydrogens is 270 g/mol. The summed E-state index contributed by atoms with van der Waals surface area (Å²) in [4.78, 5) is 11.8. The number of benzene rings is 1. The zero-order valence-electron chi connectivity index (χ0n) is 12.3. The molecule has 1 heterocycles. The Labute approximate surface area is 123 Å². The van der Waals surface area contributed by atoms with E-state index in [-0.39, 0.29) is 18.6 Å². The predicted molar refractivity (Wildman–Crippen MR) is 76.8 cm³/mol. The highest BCUT2D eigenvalue weighted by atomic mass is 16.5. The number of tetrazole rings is 1. The Morgan fingerprint density at radius 2 is 2.00 bits per heavy atom. The lowest BCUT2D eigenvalue weighted by molar-refractivity contribution is -0.123. The normalized spacial score (nSPS) is 12.2. The molecule has 1 unspecified atom stereocenters. The van der Waals surface area contributed by atoms with Gasteiger partial charge in [0.15, 0.2) is 12.4 Å². The smallest absolute Gasteiger partial charge is 0.258 e. The molecule has 0 radical (unpaired) electrons. The zero-order valence-corrected chi connectivity index (χ0v) is 12.3. The maximum Gasteiger partial charge on any atom is 0.258 e. The van der Waals surface area contributed by atoms with Gasteiger partial charge < -0.3 is 10.1 Å². The van der Waals surface area contributed by atoms with Crippen LogP contribution in [0.4, 0.5) is 0 Å². The molecular formula is C14H19N5O2. The van der Waals surface area contributed by atoms with Crippen LogP contribution in [0, 0.1) is 0 Å². The fraction of sp³-hybridized carbons (Fsp3) is 0.429. The number of amides is 1. The van der Waals surface area contributed by atoms with Crippen molar-refractivity contribution in [2.24, 2.45) is 0 Å². The molecule has 0 spiro atoms. The monoisotopic (exact) mass is 289 g/mol. The third-order valence-corrected chi connectivity index (χ3v) is 3.04. The highest BCUT2D eigenvalue weighted by Gasteiger charge is 2.13. The van der Waals surface area contributed by atoms with Crippen LogP contribution < -0.4 is 10.1 Å². The summed E-state index contributed by atoms with van der Waals surface area (Å²) in [5.74, 6) is 1.34. The third-order valence-electron chi connectivity index (χ3n) is 3.04. The van der Waals surface area contributed by atoms with E-state index in [0.717, 1.165) is 0 Å². The first-order chi connectivity index (χ1) is 10.1. The first kappa shape index (κ1) is 15.0. The maximum absolute atomic E-state index is 11.8. The molecule has 21 heavy (non-hydrogen) atoms. The highest BCUT2D eigenvalue weighted by molar-refractivity contribution is 5.77. The van der Waals surface area contributed by atoms with Crippen molar-refractivity contribution >= 4 is 5.91 Å². The number of ether oxygens (including phenoxy) is 1. The molecule has 7 heteroatoms. The van der Waals surface area contributed by atoms with Crippen molar-refractivity contribution in [1.29, 1.82) is 0 Å². The van der Waals surface area contributed by atoms with Crippen molar-refractivity contribution < 1.29 is 9.53 Å². The van der Waals surface area contributed by atoms with Crippen LogP contribution in [0.3, 0.4) is 0 Å². The van der Waals surface area contributed by atoms with E-state index in [1.54, 1.807) is 6.92 Å². The molecule has 2 N–H and O–H groups in total. The Kier molecular flexibility index (Phi) is 4.86. The largest absolute Gasteiger partial charge is 0.484 e. The van der Waals surface area contributed by atoms with Gasteiger partial charge in [-0.1, -0.05) is 31.2 Å². The van der Waals surface area contributed by atoms with Crippen molar-refractivity contribution in [2.75, 3.05) is 6.61 Å². The van der Waals surface area contributed by atoms with Crippen LogP contribution in [0.15, 0.2) is 24.3 Å². The lowest BCUT2D eigenvalue weighted by atomic mass is 10.0. The maximum atomic E-state index is 11.8.